The molecule has 0 heterocycles. The summed E-state index contributed by atoms with van der Waals surface area (Å²) < 4.78 is 0. The van der Waals surface area contributed by atoms with Crippen molar-refractivity contribution in [1.29, 1.82) is 0 Å². The molecule has 2 rings (SSSR count). The van der Waals surface area contributed by atoms with Crippen molar-refractivity contribution in [2.24, 2.45) is 0 Å². The molecular formula is C17H18O2S. The van der Waals surface area contributed by atoms with E-state index in [4.69, 9.17) is 5.11 Å². The van der Waals surface area contributed by atoms with Gasteiger partial charge in [0.05, 0.1) is 6.42 Å². The van der Waals surface area contributed by atoms with E-state index in [1.54, 1.807) is 0 Å². The number of hydrogen-bond donors (Lipinski definition) is 1. The number of benzene rings is 2. The second kappa shape index (κ2) is 7.15. The Hall–Kier alpha value is -1.74. The summed E-state index contributed by atoms with van der Waals surface area (Å²) in [4.78, 5) is 10.6. The third-order valence-corrected chi connectivity index (χ3v) is 4.07. The van der Waals surface area contributed by atoms with E-state index in [0.717, 1.165) is 17.1 Å². The normalized spacial score (nSPS) is 10.4. The van der Waals surface area contributed by atoms with Crippen LogP contribution in [0.1, 0.15) is 22.3 Å². The van der Waals surface area contributed by atoms with Crippen LogP contribution in [0.2, 0.25) is 0 Å². The average Bonchev–Trinajstić information content (AvgIpc) is 2.40. The molecule has 0 spiro atoms. The van der Waals surface area contributed by atoms with E-state index in [9.17, 15) is 4.79 Å². The third-order valence-electron chi connectivity index (χ3n) is 3.00. The van der Waals surface area contributed by atoms with Gasteiger partial charge in [0, 0.05) is 11.5 Å². The van der Waals surface area contributed by atoms with Gasteiger partial charge in [-0.15, -0.1) is 0 Å². The van der Waals surface area contributed by atoms with E-state index in [0.29, 0.717) is 0 Å². The quantitative estimate of drug-likeness (QED) is 0.870. The maximum atomic E-state index is 10.6. The molecule has 0 saturated carbocycles. The van der Waals surface area contributed by atoms with E-state index < -0.39 is 5.97 Å². The minimum absolute atomic E-state index is 0.0940. The van der Waals surface area contributed by atoms with Crippen LogP contribution in [0.25, 0.3) is 0 Å². The van der Waals surface area contributed by atoms with Crippen molar-refractivity contribution in [2.45, 2.75) is 24.9 Å². The van der Waals surface area contributed by atoms with Gasteiger partial charge in [-0.3, -0.25) is 4.79 Å². The highest BCUT2D eigenvalue weighted by molar-refractivity contribution is 7.97. The molecule has 104 valence electrons. The summed E-state index contributed by atoms with van der Waals surface area (Å²) in [6.45, 7) is 2.11. The number of carboxylic acids is 1. The molecule has 0 unspecified atom stereocenters. The molecule has 20 heavy (non-hydrogen) atoms. The zero-order valence-corrected chi connectivity index (χ0v) is 12.3. The summed E-state index contributed by atoms with van der Waals surface area (Å²) in [6, 6.07) is 16.4. The number of hydrogen-bond acceptors (Lipinski definition) is 2. The van der Waals surface area contributed by atoms with E-state index in [1.165, 1.54) is 16.7 Å². The monoisotopic (exact) mass is 286 g/mol. The predicted molar refractivity (Wildman–Crippen MR) is 84.0 cm³/mol. The van der Waals surface area contributed by atoms with Crippen molar-refractivity contribution in [1.82, 2.24) is 0 Å². The Morgan fingerprint density at radius 3 is 2.30 bits per heavy atom. The lowest BCUT2D eigenvalue weighted by atomic mass is 10.1. The molecule has 2 aromatic carbocycles. The summed E-state index contributed by atoms with van der Waals surface area (Å²) in [6.07, 6.45) is 0.0940. The van der Waals surface area contributed by atoms with Gasteiger partial charge in [0.25, 0.3) is 0 Å². The molecule has 0 aromatic heterocycles. The Bertz CT molecular complexity index is 576. The maximum Gasteiger partial charge on any atom is 0.307 e. The van der Waals surface area contributed by atoms with Crippen LogP contribution < -0.4 is 0 Å². The highest BCUT2D eigenvalue weighted by Crippen LogP contribution is 2.19. The molecule has 0 bridgehead atoms. The lowest BCUT2D eigenvalue weighted by Crippen LogP contribution is -1.99. The highest BCUT2D eigenvalue weighted by atomic mass is 32.2. The van der Waals surface area contributed by atoms with Gasteiger partial charge in [0.1, 0.15) is 0 Å². The Labute approximate surface area is 123 Å². The molecule has 0 aliphatic heterocycles. The van der Waals surface area contributed by atoms with Gasteiger partial charge in [-0.05, 0) is 23.6 Å². The lowest BCUT2D eigenvalue weighted by molar-refractivity contribution is -0.136. The molecule has 0 radical (unpaired) electrons. The Morgan fingerprint density at radius 2 is 1.65 bits per heavy atom. The van der Waals surface area contributed by atoms with Crippen LogP contribution in [0.4, 0.5) is 0 Å². The van der Waals surface area contributed by atoms with Gasteiger partial charge in [-0.2, -0.15) is 11.8 Å². The van der Waals surface area contributed by atoms with E-state index in [1.807, 2.05) is 36.0 Å². The topological polar surface area (TPSA) is 37.3 Å². The predicted octanol–water partition coefficient (Wildman–Crippen LogP) is 4.06. The van der Waals surface area contributed by atoms with Crippen molar-refractivity contribution in [3.63, 3.8) is 0 Å². The molecule has 0 atom stereocenters. The second-order valence-corrected chi connectivity index (χ2v) is 5.85. The first-order valence-corrected chi connectivity index (χ1v) is 7.72. The standard InChI is InChI=1S/C17H18O2S/c1-13-3-2-4-16(9-13)12-20-11-15-7-5-14(6-8-15)10-17(18)19/h2-9H,10-12H2,1H3,(H,18,19). The van der Waals surface area contributed by atoms with Crippen LogP contribution in [0.15, 0.2) is 48.5 Å². The summed E-state index contributed by atoms with van der Waals surface area (Å²) in [5.41, 5.74) is 4.72. The van der Waals surface area contributed by atoms with E-state index in [2.05, 4.69) is 31.2 Å². The Morgan fingerprint density at radius 1 is 1.00 bits per heavy atom. The van der Waals surface area contributed by atoms with Crippen LogP contribution in [-0.2, 0) is 22.7 Å². The Kier molecular flexibility index (Phi) is 5.24. The van der Waals surface area contributed by atoms with E-state index >= 15 is 0 Å². The van der Waals surface area contributed by atoms with Crippen LogP contribution in [0, 0.1) is 6.92 Å². The van der Waals surface area contributed by atoms with Gasteiger partial charge in [0.2, 0.25) is 0 Å². The van der Waals surface area contributed by atoms with Gasteiger partial charge < -0.3 is 5.11 Å². The number of carboxylic acid groups (broad SMARTS) is 1. The fourth-order valence-corrected chi connectivity index (χ4v) is 2.96. The number of aliphatic carboxylic acids is 1. The van der Waals surface area contributed by atoms with E-state index in [-0.39, 0.29) is 6.42 Å². The first-order chi connectivity index (χ1) is 9.63. The molecule has 0 aliphatic carbocycles. The number of aryl methyl sites for hydroxylation is 1. The number of rotatable bonds is 6. The summed E-state index contributed by atoms with van der Waals surface area (Å²) in [7, 11) is 0. The molecule has 0 amide bonds. The van der Waals surface area contributed by atoms with Crippen LogP contribution in [0.5, 0.6) is 0 Å². The first kappa shape index (κ1) is 14.7. The molecule has 2 aromatic rings. The van der Waals surface area contributed by atoms with Crippen LogP contribution >= 0.6 is 11.8 Å². The summed E-state index contributed by atoms with van der Waals surface area (Å²) >= 11 is 1.87. The molecule has 3 heteroatoms. The fourth-order valence-electron chi connectivity index (χ4n) is 2.02. The lowest BCUT2D eigenvalue weighted by Gasteiger charge is -2.04. The molecular weight excluding hydrogens is 268 g/mol. The average molecular weight is 286 g/mol. The molecule has 2 nitrogen and oxygen atoms in total. The molecule has 0 fully saturated rings. The van der Waals surface area contributed by atoms with Gasteiger partial charge in [-0.25, -0.2) is 0 Å². The summed E-state index contributed by atoms with van der Waals surface area (Å²) in [5, 5.41) is 8.72. The van der Waals surface area contributed by atoms with Crippen molar-refractivity contribution >= 4 is 17.7 Å². The largest absolute Gasteiger partial charge is 0.481 e. The van der Waals surface area contributed by atoms with Crippen molar-refractivity contribution < 1.29 is 9.90 Å². The van der Waals surface area contributed by atoms with Crippen LogP contribution in [0.3, 0.4) is 0 Å². The first-order valence-electron chi connectivity index (χ1n) is 6.56. The molecule has 1 N–H and O–H groups in total. The van der Waals surface area contributed by atoms with Gasteiger partial charge >= 0.3 is 5.97 Å². The smallest absolute Gasteiger partial charge is 0.307 e. The van der Waals surface area contributed by atoms with Gasteiger partial charge in [-0.1, -0.05) is 54.1 Å². The molecule has 0 aliphatic rings. The maximum absolute atomic E-state index is 10.6. The number of carbonyl (C=O) groups is 1. The minimum atomic E-state index is -0.786. The van der Waals surface area contributed by atoms with Gasteiger partial charge in [0.15, 0.2) is 0 Å². The zero-order chi connectivity index (χ0) is 14.4. The van der Waals surface area contributed by atoms with Crippen molar-refractivity contribution in [3.05, 3.63) is 70.8 Å². The Balaban J connectivity index is 1.83. The minimum Gasteiger partial charge on any atom is -0.481 e. The van der Waals surface area contributed by atoms with Crippen molar-refractivity contribution in [2.75, 3.05) is 0 Å². The third kappa shape index (κ3) is 4.74. The summed E-state index contributed by atoms with van der Waals surface area (Å²) in [5.74, 6) is 1.16. The SMILES string of the molecule is Cc1cccc(CSCc2ccc(CC(=O)O)cc2)c1. The highest BCUT2D eigenvalue weighted by Gasteiger charge is 2.01. The van der Waals surface area contributed by atoms with Crippen LogP contribution in [-0.4, -0.2) is 11.1 Å². The second-order valence-electron chi connectivity index (χ2n) is 4.87. The molecule has 0 saturated heterocycles. The number of thioether (sulfide) groups is 1. The zero-order valence-electron chi connectivity index (χ0n) is 11.5. The van der Waals surface area contributed by atoms with Crippen molar-refractivity contribution in [3.8, 4) is 0 Å². The fraction of sp³-hybridized carbons (Fsp3) is 0.235.